The van der Waals surface area contributed by atoms with Crippen molar-refractivity contribution in [1.82, 2.24) is 9.36 Å². The molecule has 6 nitrogen and oxygen atoms in total. The molecule has 0 saturated heterocycles. The molecule has 6 heteroatoms. The molecular formula is C27H29N3O3. The van der Waals surface area contributed by atoms with Crippen LogP contribution in [-0.2, 0) is 20.1 Å². The van der Waals surface area contributed by atoms with E-state index >= 15 is 0 Å². The number of methoxy groups -OCH3 is 2. The Morgan fingerprint density at radius 1 is 0.788 bits per heavy atom. The number of hydrogen-bond acceptors (Lipinski definition) is 4. The third-order valence-electron chi connectivity index (χ3n) is 5.86. The van der Waals surface area contributed by atoms with Gasteiger partial charge in [-0.3, -0.25) is 9.48 Å². The normalized spacial score (nSPS) is 10.8. The van der Waals surface area contributed by atoms with E-state index in [2.05, 4.69) is 17.0 Å². The molecule has 0 aliphatic carbocycles. The summed E-state index contributed by atoms with van der Waals surface area (Å²) in [6, 6.07) is 25.6. The Morgan fingerprint density at radius 3 is 1.85 bits per heavy atom. The fraction of sp³-hybridized carbons (Fsp3) is 0.222. The molecule has 170 valence electrons. The van der Waals surface area contributed by atoms with Crippen LogP contribution in [0.25, 0.3) is 5.69 Å². The minimum absolute atomic E-state index is 0.0491. The lowest BCUT2D eigenvalue weighted by Crippen LogP contribution is -2.29. The van der Waals surface area contributed by atoms with Crippen LogP contribution < -0.4 is 19.9 Å². The van der Waals surface area contributed by atoms with E-state index < -0.39 is 0 Å². The first-order valence-corrected chi connectivity index (χ1v) is 10.9. The summed E-state index contributed by atoms with van der Waals surface area (Å²) in [5.74, 6) is 1.58. The van der Waals surface area contributed by atoms with Crippen molar-refractivity contribution in [3.63, 3.8) is 0 Å². The van der Waals surface area contributed by atoms with Gasteiger partial charge in [0.1, 0.15) is 17.2 Å². The molecule has 0 spiro atoms. The van der Waals surface area contributed by atoms with Crippen LogP contribution in [0.4, 0.5) is 5.69 Å². The maximum atomic E-state index is 13.7. The molecule has 0 atom stereocenters. The molecule has 1 aromatic heterocycles. The van der Waals surface area contributed by atoms with Gasteiger partial charge in [0, 0.05) is 20.1 Å². The van der Waals surface area contributed by atoms with E-state index in [9.17, 15) is 4.79 Å². The first kappa shape index (κ1) is 22.3. The number of para-hydroxylation sites is 1. The van der Waals surface area contributed by atoms with Gasteiger partial charge in [0.15, 0.2) is 0 Å². The maximum absolute atomic E-state index is 13.7. The summed E-state index contributed by atoms with van der Waals surface area (Å²) in [5.41, 5.74) is 4.48. The van der Waals surface area contributed by atoms with Gasteiger partial charge >= 0.3 is 0 Å². The molecular weight excluding hydrogens is 414 g/mol. The standard InChI is InChI=1S/C27H29N3O3/c1-20-26(27(31)30(28(20)2)23-12-6-5-7-13-23)29(18-21-10-8-14-24(16-21)32-3)19-22-11-9-15-25(17-22)33-4/h5-17H,18-19H2,1-4H3. The Balaban J connectivity index is 1.81. The molecule has 0 bridgehead atoms. The second kappa shape index (κ2) is 9.69. The van der Waals surface area contributed by atoms with E-state index in [1.54, 1.807) is 18.9 Å². The second-order valence-electron chi connectivity index (χ2n) is 7.97. The molecule has 0 aliphatic heterocycles. The van der Waals surface area contributed by atoms with Gasteiger partial charge in [-0.1, -0.05) is 42.5 Å². The lowest BCUT2D eigenvalue weighted by molar-refractivity contribution is 0.414. The highest BCUT2D eigenvalue weighted by molar-refractivity contribution is 5.53. The Labute approximate surface area is 194 Å². The van der Waals surface area contributed by atoms with Crippen molar-refractivity contribution in [2.45, 2.75) is 20.0 Å². The monoisotopic (exact) mass is 443 g/mol. The van der Waals surface area contributed by atoms with Crippen molar-refractivity contribution in [3.8, 4) is 17.2 Å². The highest BCUT2D eigenvalue weighted by Gasteiger charge is 2.22. The fourth-order valence-electron chi connectivity index (χ4n) is 4.11. The van der Waals surface area contributed by atoms with Crippen LogP contribution in [0.5, 0.6) is 11.5 Å². The summed E-state index contributed by atoms with van der Waals surface area (Å²) >= 11 is 0. The second-order valence-corrected chi connectivity index (χ2v) is 7.97. The number of ether oxygens (including phenoxy) is 2. The van der Waals surface area contributed by atoms with E-state index in [-0.39, 0.29) is 5.56 Å². The van der Waals surface area contributed by atoms with E-state index in [4.69, 9.17) is 9.47 Å². The number of nitrogens with zero attached hydrogens (tertiary/aromatic N) is 3. The zero-order chi connectivity index (χ0) is 23.4. The van der Waals surface area contributed by atoms with Gasteiger partial charge in [0.05, 0.1) is 25.6 Å². The Bertz CT molecular complexity index is 1240. The number of hydrogen-bond donors (Lipinski definition) is 0. The molecule has 3 aromatic carbocycles. The number of benzene rings is 3. The van der Waals surface area contributed by atoms with Gasteiger partial charge in [-0.15, -0.1) is 0 Å². The van der Waals surface area contributed by atoms with Crippen molar-refractivity contribution in [2.75, 3.05) is 19.1 Å². The van der Waals surface area contributed by atoms with Crippen LogP contribution >= 0.6 is 0 Å². The Morgan fingerprint density at radius 2 is 1.33 bits per heavy atom. The fourth-order valence-corrected chi connectivity index (χ4v) is 4.11. The van der Waals surface area contributed by atoms with Crippen LogP contribution in [-0.4, -0.2) is 23.6 Å². The molecule has 33 heavy (non-hydrogen) atoms. The van der Waals surface area contributed by atoms with Gasteiger partial charge in [-0.2, -0.15) is 0 Å². The highest BCUT2D eigenvalue weighted by atomic mass is 16.5. The molecule has 0 aliphatic rings. The minimum Gasteiger partial charge on any atom is -0.497 e. The van der Waals surface area contributed by atoms with Crippen LogP contribution in [0.1, 0.15) is 16.8 Å². The first-order chi connectivity index (χ1) is 16.0. The average molecular weight is 444 g/mol. The summed E-state index contributed by atoms with van der Waals surface area (Å²) in [5, 5.41) is 0. The zero-order valence-electron chi connectivity index (χ0n) is 19.5. The number of anilines is 1. The Kier molecular flexibility index (Phi) is 6.54. The van der Waals surface area contributed by atoms with Crippen molar-refractivity contribution in [3.05, 3.63) is 106 Å². The van der Waals surface area contributed by atoms with Gasteiger partial charge < -0.3 is 14.4 Å². The lowest BCUT2D eigenvalue weighted by Gasteiger charge is -2.24. The Hall–Kier alpha value is -3.93. The smallest absolute Gasteiger partial charge is 0.295 e. The molecule has 0 unspecified atom stereocenters. The van der Waals surface area contributed by atoms with Crippen molar-refractivity contribution < 1.29 is 9.47 Å². The third-order valence-corrected chi connectivity index (χ3v) is 5.86. The quantitative estimate of drug-likeness (QED) is 0.396. The maximum Gasteiger partial charge on any atom is 0.295 e. The van der Waals surface area contributed by atoms with Crippen LogP contribution in [0.2, 0.25) is 0 Å². The van der Waals surface area contributed by atoms with E-state index in [0.717, 1.165) is 34.0 Å². The SMILES string of the molecule is COc1cccc(CN(Cc2cccc(OC)c2)c2c(C)n(C)n(-c3ccccc3)c2=O)c1. The third kappa shape index (κ3) is 4.65. The van der Waals surface area contributed by atoms with Crippen LogP contribution in [0.15, 0.2) is 83.7 Å². The molecule has 4 rings (SSSR count). The summed E-state index contributed by atoms with van der Waals surface area (Å²) in [4.78, 5) is 15.9. The molecule has 0 saturated carbocycles. The number of aromatic nitrogens is 2. The van der Waals surface area contributed by atoms with E-state index in [1.807, 2.05) is 85.4 Å². The summed E-state index contributed by atoms with van der Waals surface area (Å²) in [6.45, 7) is 3.10. The highest BCUT2D eigenvalue weighted by Crippen LogP contribution is 2.25. The minimum atomic E-state index is -0.0491. The predicted molar refractivity (Wildman–Crippen MR) is 132 cm³/mol. The topological polar surface area (TPSA) is 48.6 Å². The van der Waals surface area contributed by atoms with Crippen molar-refractivity contribution in [1.29, 1.82) is 0 Å². The van der Waals surface area contributed by atoms with Gasteiger partial charge in [-0.05, 0) is 54.4 Å². The first-order valence-electron chi connectivity index (χ1n) is 10.9. The molecule has 0 N–H and O–H groups in total. The summed E-state index contributed by atoms with van der Waals surface area (Å²) in [7, 11) is 5.24. The van der Waals surface area contributed by atoms with E-state index in [0.29, 0.717) is 18.8 Å². The molecule has 0 amide bonds. The largest absolute Gasteiger partial charge is 0.497 e. The lowest BCUT2D eigenvalue weighted by atomic mass is 10.1. The van der Waals surface area contributed by atoms with Crippen molar-refractivity contribution >= 4 is 5.69 Å². The van der Waals surface area contributed by atoms with Crippen molar-refractivity contribution in [2.24, 2.45) is 7.05 Å². The van der Waals surface area contributed by atoms with Crippen LogP contribution in [0, 0.1) is 6.92 Å². The molecule has 4 aromatic rings. The molecule has 0 radical (unpaired) electrons. The van der Waals surface area contributed by atoms with Crippen LogP contribution in [0.3, 0.4) is 0 Å². The summed E-state index contributed by atoms with van der Waals surface area (Å²) < 4.78 is 14.5. The molecule has 0 fully saturated rings. The average Bonchev–Trinajstić information content (AvgIpc) is 3.07. The number of rotatable bonds is 8. The molecule has 1 heterocycles. The van der Waals surface area contributed by atoms with Gasteiger partial charge in [0.2, 0.25) is 0 Å². The zero-order valence-corrected chi connectivity index (χ0v) is 19.5. The van der Waals surface area contributed by atoms with Gasteiger partial charge in [-0.25, -0.2) is 4.68 Å². The predicted octanol–water partition coefficient (Wildman–Crippen LogP) is 4.71. The van der Waals surface area contributed by atoms with E-state index in [1.165, 1.54) is 0 Å². The summed E-state index contributed by atoms with van der Waals surface area (Å²) in [6.07, 6.45) is 0. The van der Waals surface area contributed by atoms with Gasteiger partial charge in [0.25, 0.3) is 5.56 Å².